The number of rotatable bonds is 8. The standard InChI is InChI=1S/C31H36N2O9/c1-30(2)37-17-23(40-30)24-25(26-28(39-24)42-31(3,4)41-26)38-27(34)22(14-19-15-32-21-13-9-8-12-20(19)21)33-29(35)36-16-18-10-6-5-7-11-18/h5-13,15,22-26,28,32H,14,16-17H2,1-4H3,(H,33,35). The van der Waals surface area contributed by atoms with Crippen molar-refractivity contribution in [2.75, 3.05) is 6.61 Å². The third-order valence-electron chi connectivity index (χ3n) is 7.56. The molecule has 0 saturated carbocycles. The summed E-state index contributed by atoms with van der Waals surface area (Å²) in [6.45, 7) is 7.45. The topological polar surface area (TPSA) is 127 Å². The Morgan fingerprint density at radius 1 is 0.976 bits per heavy atom. The number of para-hydroxylation sites is 1. The Kier molecular flexibility index (Phi) is 7.71. The van der Waals surface area contributed by atoms with Crippen molar-refractivity contribution < 1.29 is 42.7 Å². The van der Waals surface area contributed by atoms with Crippen molar-refractivity contribution in [1.82, 2.24) is 10.3 Å². The van der Waals surface area contributed by atoms with Crippen LogP contribution in [0.5, 0.6) is 0 Å². The SMILES string of the molecule is CC1(C)OCC(C2OC3OC(C)(C)OC3C2OC(=O)C(Cc2c[nH]c3ccccc23)NC(=O)OCc2ccccc2)O1. The molecule has 6 unspecified atom stereocenters. The lowest BCUT2D eigenvalue weighted by Crippen LogP contribution is -2.50. The molecule has 6 atom stereocenters. The minimum Gasteiger partial charge on any atom is -0.455 e. The molecule has 0 aliphatic carbocycles. The van der Waals surface area contributed by atoms with Gasteiger partial charge in [-0.2, -0.15) is 0 Å². The summed E-state index contributed by atoms with van der Waals surface area (Å²) >= 11 is 0. The molecular formula is C31H36N2O9. The van der Waals surface area contributed by atoms with Crippen molar-refractivity contribution in [1.29, 1.82) is 0 Å². The fourth-order valence-electron chi connectivity index (χ4n) is 5.65. The lowest BCUT2D eigenvalue weighted by atomic mass is 10.0. The van der Waals surface area contributed by atoms with Gasteiger partial charge in [-0.3, -0.25) is 0 Å². The summed E-state index contributed by atoms with van der Waals surface area (Å²) in [6, 6.07) is 16.0. The van der Waals surface area contributed by atoms with Crippen LogP contribution in [0.1, 0.15) is 38.8 Å². The van der Waals surface area contributed by atoms with E-state index in [4.69, 9.17) is 33.2 Å². The van der Waals surface area contributed by atoms with Gasteiger partial charge >= 0.3 is 12.1 Å². The molecule has 11 nitrogen and oxygen atoms in total. The number of amides is 1. The maximum absolute atomic E-state index is 13.9. The second-order valence-electron chi connectivity index (χ2n) is 11.7. The van der Waals surface area contributed by atoms with Crippen molar-refractivity contribution in [2.24, 2.45) is 0 Å². The smallest absolute Gasteiger partial charge is 0.408 e. The first kappa shape index (κ1) is 28.6. The number of aromatic nitrogens is 1. The minimum atomic E-state index is -1.07. The molecule has 4 heterocycles. The number of ether oxygens (including phenoxy) is 7. The number of H-pyrrole nitrogens is 1. The average molecular weight is 581 g/mol. The molecule has 2 N–H and O–H groups in total. The number of carbonyl (C=O) groups is 2. The molecule has 3 aliphatic rings. The number of hydrogen-bond acceptors (Lipinski definition) is 9. The number of carbonyl (C=O) groups excluding carboxylic acids is 2. The van der Waals surface area contributed by atoms with Crippen molar-refractivity contribution in [2.45, 2.75) is 89.0 Å². The average Bonchev–Trinajstić information content (AvgIpc) is 3.69. The Bertz CT molecular complexity index is 1420. The second-order valence-corrected chi connectivity index (χ2v) is 11.7. The Labute approximate surface area is 243 Å². The number of fused-ring (bicyclic) bond motifs is 2. The molecule has 0 bridgehead atoms. The molecule has 3 aromatic rings. The van der Waals surface area contributed by atoms with Gasteiger partial charge in [-0.25, -0.2) is 9.59 Å². The summed E-state index contributed by atoms with van der Waals surface area (Å²) in [5, 5.41) is 3.65. The van der Waals surface area contributed by atoms with E-state index in [1.165, 1.54) is 0 Å². The van der Waals surface area contributed by atoms with E-state index in [-0.39, 0.29) is 19.6 Å². The van der Waals surface area contributed by atoms with Crippen LogP contribution in [0, 0.1) is 0 Å². The largest absolute Gasteiger partial charge is 0.455 e. The van der Waals surface area contributed by atoms with E-state index < -0.39 is 60.4 Å². The molecule has 224 valence electrons. The van der Waals surface area contributed by atoms with Gasteiger partial charge in [0.15, 0.2) is 30.1 Å². The summed E-state index contributed by atoms with van der Waals surface area (Å²) in [5.41, 5.74) is 2.57. The Hall–Kier alpha value is -3.48. The van der Waals surface area contributed by atoms with Crippen LogP contribution in [0.15, 0.2) is 60.8 Å². The lowest BCUT2D eigenvalue weighted by Gasteiger charge is -2.29. The summed E-state index contributed by atoms with van der Waals surface area (Å²) < 4.78 is 41.6. The fourth-order valence-corrected chi connectivity index (χ4v) is 5.65. The highest BCUT2D eigenvalue weighted by atomic mass is 16.8. The molecule has 11 heteroatoms. The van der Waals surface area contributed by atoms with E-state index in [0.29, 0.717) is 0 Å². The Morgan fingerprint density at radius 3 is 2.50 bits per heavy atom. The van der Waals surface area contributed by atoms with Gasteiger partial charge in [-0.15, -0.1) is 0 Å². The normalized spacial score (nSPS) is 28.3. The molecule has 42 heavy (non-hydrogen) atoms. The third kappa shape index (κ3) is 6.16. The van der Waals surface area contributed by atoms with Crippen LogP contribution >= 0.6 is 0 Å². The summed E-state index contributed by atoms with van der Waals surface area (Å²) in [4.78, 5) is 30.0. The molecule has 0 spiro atoms. The van der Waals surface area contributed by atoms with Gasteiger partial charge in [-0.05, 0) is 44.9 Å². The van der Waals surface area contributed by atoms with Crippen LogP contribution in [-0.2, 0) is 51.0 Å². The van der Waals surface area contributed by atoms with Gasteiger partial charge in [0.05, 0.1) is 6.61 Å². The zero-order chi connectivity index (χ0) is 29.5. The van der Waals surface area contributed by atoms with E-state index in [0.717, 1.165) is 22.0 Å². The molecule has 2 aromatic carbocycles. The predicted molar refractivity (Wildman–Crippen MR) is 149 cm³/mol. The molecule has 1 aromatic heterocycles. The monoisotopic (exact) mass is 580 g/mol. The van der Waals surface area contributed by atoms with Crippen molar-refractivity contribution in [3.8, 4) is 0 Å². The molecule has 6 rings (SSSR count). The fraction of sp³-hybridized carbons (Fsp3) is 0.484. The minimum absolute atomic E-state index is 0.0544. The predicted octanol–water partition coefficient (Wildman–Crippen LogP) is 3.95. The van der Waals surface area contributed by atoms with Crippen LogP contribution in [0.25, 0.3) is 10.9 Å². The van der Waals surface area contributed by atoms with Crippen LogP contribution < -0.4 is 5.32 Å². The highest BCUT2D eigenvalue weighted by Crippen LogP contribution is 2.42. The summed E-state index contributed by atoms with van der Waals surface area (Å²) in [5.74, 6) is -2.41. The van der Waals surface area contributed by atoms with Crippen molar-refractivity contribution >= 4 is 23.0 Å². The van der Waals surface area contributed by atoms with Gasteiger partial charge in [-0.1, -0.05) is 48.5 Å². The maximum Gasteiger partial charge on any atom is 0.408 e. The van der Waals surface area contributed by atoms with Crippen molar-refractivity contribution in [3.63, 3.8) is 0 Å². The van der Waals surface area contributed by atoms with Gasteiger partial charge in [0, 0.05) is 23.5 Å². The highest BCUT2D eigenvalue weighted by Gasteiger charge is 2.60. The van der Waals surface area contributed by atoms with E-state index in [1.807, 2.05) is 74.6 Å². The zero-order valence-electron chi connectivity index (χ0n) is 24.0. The van der Waals surface area contributed by atoms with Gasteiger partial charge < -0.3 is 43.5 Å². The quantitative estimate of drug-likeness (QED) is 0.381. The van der Waals surface area contributed by atoms with Crippen LogP contribution in [-0.4, -0.2) is 72.0 Å². The summed E-state index contributed by atoms with van der Waals surface area (Å²) in [7, 11) is 0. The van der Waals surface area contributed by atoms with Gasteiger partial charge in [0.25, 0.3) is 0 Å². The number of alkyl carbamates (subject to hydrolysis) is 1. The number of aromatic amines is 1. The number of benzene rings is 2. The van der Waals surface area contributed by atoms with E-state index in [9.17, 15) is 9.59 Å². The van der Waals surface area contributed by atoms with Crippen LogP contribution in [0.3, 0.4) is 0 Å². The van der Waals surface area contributed by atoms with Crippen molar-refractivity contribution in [3.05, 3.63) is 71.9 Å². The number of hydrogen-bond donors (Lipinski definition) is 2. The zero-order valence-corrected chi connectivity index (χ0v) is 24.0. The summed E-state index contributed by atoms with van der Waals surface area (Å²) in [6.07, 6.45) is -2.31. The van der Waals surface area contributed by atoms with Gasteiger partial charge in [0.1, 0.15) is 24.9 Å². The van der Waals surface area contributed by atoms with E-state index in [2.05, 4.69) is 10.3 Å². The van der Waals surface area contributed by atoms with Crippen LogP contribution in [0.2, 0.25) is 0 Å². The maximum atomic E-state index is 13.9. The lowest BCUT2D eigenvalue weighted by molar-refractivity contribution is -0.235. The molecule has 3 fully saturated rings. The first-order valence-electron chi connectivity index (χ1n) is 14.1. The Balaban J connectivity index is 1.22. The first-order chi connectivity index (χ1) is 20.1. The van der Waals surface area contributed by atoms with Crippen LogP contribution in [0.4, 0.5) is 4.79 Å². The molecule has 0 radical (unpaired) electrons. The third-order valence-corrected chi connectivity index (χ3v) is 7.56. The van der Waals surface area contributed by atoms with Gasteiger partial charge in [0.2, 0.25) is 0 Å². The first-order valence-corrected chi connectivity index (χ1v) is 14.1. The number of nitrogens with one attached hydrogen (secondary N) is 2. The molecular weight excluding hydrogens is 544 g/mol. The highest BCUT2D eigenvalue weighted by molar-refractivity contribution is 5.86. The molecule has 3 saturated heterocycles. The number of esters is 1. The molecule has 1 amide bonds. The Morgan fingerprint density at radius 2 is 1.74 bits per heavy atom. The van der Waals surface area contributed by atoms with E-state index in [1.54, 1.807) is 13.8 Å². The second kappa shape index (κ2) is 11.3. The molecule has 3 aliphatic heterocycles. The van der Waals surface area contributed by atoms with E-state index >= 15 is 0 Å².